The third kappa shape index (κ3) is 2.55. The summed E-state index contributed by atoms with van der Waals surface area (Å²) in [6, 6.07) is 4.98. The number of rotatable bonds is 3. The van der Waals surface area contributed by atoms with Crippen LogP contribution in [0.2, 0.25) is 0 Å². The molecule has 0 spiro atoms. The summed E-state index contributed by atoms with van der Waals surface area (Å²) in [5.41, 5.74) is -0.400. The van der Waals surface area contributed by atoms with Gasteiger partial charge in [0.25, 0.3) is 0 Å². The molecule has 0 heterocycles. The Bertz CT molecular complexity index is 336. The highest BCUT2D eigenvalue weighted by atomic mass is 19.4. The molecule has 0 saturated carbocycles. The summed E-state index contributed by atoms with van der Waals surface area (Å²) in [6.45, 7) is 3.65. The molecule has 4 heteroatoms. The maximum Gasteiger partial charge on any atom is 0.416 e. The Labute approximate surface area is 92.9 Å². The quantitative estimate of drug-likeness (QED) is 0.847. The first-order chi connectivity index (χ1) is 7.33. The third-order valence-electron chi connectivity index (χ3n) is 3.04. The normalized spacial score (nSPS) is 15.9. The van der Waals surface area contributed by atoms with Crippen molar-refractivity contribution in [2.75, 3.05) is 6.61 Å². The molecule has 16 heavy (non-hydrogen) atoms. The van der Waals surface area contributed by atoms with Crippen molar-refractivity contribution < 1.29 is 18.3 Å². The highest BCUT2D eigenvalue weighted by Gasteiger charge is 2.31. The van der Waals surface area contributed by atoms with Gasteiger partial charge in [-0.2, -0.15) is 13.2 Å². The lowest BCUT2D eigenvalue weighted by molar-refractivity contribution is -0.137. The van der Waals surface area contributed by atoms with Crippen molar-refractivity contribution in [1.82, 2.24) is 0 Å². The Balaban J connectivity index is 3.04. The number of hydrogen-bond acceptors (Lipinski definition) is 1. The van der Waals surface area contributed by atoms with Crippen molar-refractivity contribution in [2.45, 2.75) is 31.9 Å². The average Bonchev–Trinajstić information content (AvgIpc) is 2.27. The molecule has 1 N–H and O–H groups in total. The van der Waals surface area contributed by atoms with Gasteiger partial charge >= 0.3 is 6.18 Å². The van der Waals surface area contributed by atoms with E-state index in [1.54, 1.807) is 0 Å². The molecule has 0 bridgehead atoms. The zero-order chi connectivity index (χ0) is 12.4. The van der Waals surface area contributed by atoms with E-state index in [0.29, 0.717) is 6.42 Å². The average molecular weight is 232 g/mol. The van der Waals surface area contributed by atoms with Gasteiger partial charge in [-0.15, -0.1) is 0 Å². The van der Waals surface area contributed by atoms with Crippen LogP contribution in [0.1, 0.15) is 31.4 Å². The topological polar surface area (TPSA) is 20.2 Å². The van der Waals surface area contributed by atoms with E-state index in [2.05, 4.69) is 0 Å². The minimum atomic E-state index is -4.31. The van der Waals surface area contributed by atoms with Gasteiger partial charge in [-0.3, -0.25) is 0 Å². The van der Waals surface area contributed by atoms with Crippen molar-refractivity contribution in [1.29, 1.82) is 0 Å². The van der Waals surface area contributed by atoms with Gasteiger partial charge in [0.1, 0.15) is 0 Å². The molecule has 0 aliphatic carbocycles. The van der Waals surface area contributed by atoms with Gasteiger partial charge < -0.3 is 5.11 Å². The maximum atomic E-state index is 12.3. The lowest BCUT2D eigenvalue weighted by Gasteiger charge is -2.26. The van der Waals surface area contributed by atoms with E-state index >= 15 is 0 Å². The van der Waals surface area contributed by atoms with E-state index in [9.17, 15) is 18.3 Å². The van der Waals surface area contributed by atoms with Gasteiger partial charge in [0, 0.05) is 5.41 Å². The molecule has 1 unspecified atom stereocenters. The molecule has 0 aromatic heterocycles. The number of hydrogen-bond donors (Lipinski definition) is 1. The standard InChI is InChI=1S/C12H15F3O/c1-3-11(2,8-16)9-4-6-10(7-5-9)12(13,14)15/h4-7,16H,3,8H2,1-2H3. The van der Waals surface area contributed by atoms with Gasteiger partial charge in [-0.1, -0.05) is 26.0 Å². The van der Waals surface area contributed by atoms with Crippen LogP contribution in [0.3, 0.4) is 0 Å². The highest BCUT2D eigenvalue weighted by molar-refractivity contribution is 5.30. The van der Waals surface area contributed by atoms with Crippen LogP contribution in [0.15, 0.2) is 24.3 Å². The van der Waals surface area contributed by atoms with Crippen LogP contribution in [0.25, 0.3) is 0 Å². The van der Waals surface area contributed by atoms with Gasteiger partial charge in [0.2, 0.25) is 0 Å². The lowest BCUT2D eigenvalue weighted by atomic mass is 9.81. The van der Waals surface area contributed by atoms with Gasteiger partial charge in [0.05, 0.1) is 12.2 Å². The summed E-state index contributed by atoms with van der Waals surface area (Å²) in [5.74, 6) is 0. The molecule has 1 nitrogen and oxygen atoms in total. The summed E-state index contributed by atoms with van der Waals surface area (Å²) >= 11 is 0. The second-order valence-electron chi connectivity index (χ2n) is 4.15. The van der Waals surface area contributed by atoms with E-state index in [0.717, 1.165) is 17.7 Å². The molecule has 90 valence electrons. The molecule has 0 aliphatic heterocycles. The van der Waals surface area contributed by atoms with Crippen LogP contribution in [0.5, 0.6) is 0 Å². The second kappa shape index (κ2) is 4.45. The van der Waals surface area contributed by atoms with Crippen LogP contribution >= 0.6 is 0 Å². The van der Waals surface area contributed by atoms with Gasteiger partial charge in [-0.25, -0.2) is 0 Å². The monoisotopic (exact) mass is 232 g/mol. The minimum absolute atomic E-state index is 0.0745. The smallest absolute Gasteiger partial charge is 0.395 e. The Kier molecular flexibility index (Phi) is 3.63. The van der Waals surface area contributed by atoms with Gasteiger partial charge in [-0.05, 0) is 24.1 Å². The first-order valence-corrected chi connectivity index (χ1v) is 5.12. The minimum Gasteiger partial charge on any atom is -0.395 e. The lowest BCUT2D eigenvalue weighted by Crippen LogP contribution is -2.25. The zero-order valence-electron chi connectivity index (χ0n) is 9.30. The van der Waals surface area contributed by atoms with Crippen LogP contribution in [0.4, 0.5) is 13.2 Å². The molecule has 0 saturated heterocycles. The van der Waals surface area contributed by atoms with E-state index < -0.39 is 17.2 Å². The van der Waals surface area contributed by atoms with Crippen LogP contribution in [0, 0.1) is 0 Å². The van der Waals surface area contributed by atoms with Crippen molar-refractivity contribution >= 4 is 0 Å². The second-order valence-corrected chi connectivity index (χ2v) is 4.15. The summed E-state index contributed by atoms with van der Waals surface area (Å²) in [5, 5.41) is 9.25. The fourth-order valence-electron chi connectivity index (χ4n) is 1.47. The highest BCUT2D eigenvalue weighted by Crippen LogP contribution is 2.32. The number of benzene rings is 1. The van der Waals surface area contributed by atoms with Crippen molar-refractivity contribution in [3.05, 3.63) is 35.4 Å². The fraction of sp³-hybridized carbons (Fsp3) is 0.500. The van der Waals surface area contributed by atoms with Crippen LogP contribution in [-0.4, -0.2) is 11.7 Å². The molecule has 1 aromatic carbocycles. The molecular formula is C12H15F3O. The molecule has 1 atom stereocenters. The zero-order valence-corrected chi connectivity index (χ0v) is 9.30. The van der Waals surface area contributed by atoms with E-state index in [1.165, 1.54) is 12.1 Å². The Morgan fingerprint density at radius 3 is 1.81 bits per heavy atom. The predicted molar refractivity (Wildman–Crippen MR) is 56.2 cm³/mol. The van der Waals surface area contributed by atoms with Crippen LogP contribution < -0.4 is 0 Å². The Hall–Kier alpha value is -1.03. The van der Waals surface area contributed by atoms with E-state index in [1.807, 2.05) is 13.8 Å². The predicted octanol–water partition coefficient (Wildman–Crippen LogP) is 3.37. The number of aliphatic hydroxyl groups excluding tert-OH is 1. The third-order valence-corrected chi connectivity index (χ3v) is 3.04. The molecule has 0 radical (unpaired) electrons. The Morgan fingerprint density at radius 2 is 1.50 bits per heavy atom. The first-order valence-electron chi connectivity index (χ1n) is 5.12. The van der Waals surface area contributed by atoms with Crippen molar-refractivity contribution in [3.63, 3.8) is 0 Å². The van der Waals surface area contributed by atoms with Crippen LogP contribution in [-0.2, 0) is 11.6 Å². The largest absolute Gasteiger partial charge is 0.416 e. The van der Waals surface area contributed by atoms with Crippen molar-refractivity contribution in [3.8, 4) is 0 Å². The fourth-order valence-corrected chi connectivity index (χ4v) is 1.47. The first kappa shape index (κ1) is 13.0. The number of aliphatic hydroxyl groups is 1. The van der Waals surface area contributed by atoms with E-state index in [4.69, 9.17) is 0 Å². The summed E-state index contributed by atoms with van der Waals surface area (Å²) in [7, 11) is 0. The SMILES string of the molecule is CCC(C)(CO)c1ccc(C(F)(F)F)cc1. The molecule has 0 fully saturated rings. The molecule has 1 rings (SSSR count). The molecular weight excluding hydrogens is 217 g/mol. The van der Waals surface area contributed by atoms with Crippen molar-refractivity contribution in [2.24, 2.45) is 0 Å². The number of alkyl halides is 3. The molecule has 0 amide bonds. The Morgan fingerprint density at radius 1 is 1.06 bits per heavy atom. The summed E-state index contributed by atoms with van der Waals surface area (Å²) < 4.78 is 37.0. The molecule has 0 aliphatic rings. The maximum absolute atomic E-state index is 12.3. The van der Waals surface area contributed by atoms with E-state index in [-0.39, 0.29) is 6.61 Å². The van der Waals surface area contributed by atoms with Gasteiger partial charge in [0.15, 0.2) is 0 Å². The number of halogens is 3. The summed E-state index contributed by atoms with van der Waals surface area (Å²) in [6.07, 6.45) is -3.63. The molecule has 1 aromatic rings. The summed E-state index contributed by atoms with van der Waals surface area (Å²) in [4.78, 5) is 0.